The molecule has 29 heavy (non-hydrogen) atoms. The van der Waals surface area contributed by atoms with E-state index < -0.39 is 0 Å². The molecule has 0 aliphatic heterocycles. The number of amides is 1. The van der Waals surface area contributed by atoms with Crippen molar-refractivity contribution in [2.24, 2.45) is 10.4 Å². The maximum Gasteiger partial charge on any atom is 0.230 e. The van der Waals surface area contributed by atoms with Crippen molar-refractivity contribution in [3.8, 4) is 0 Å². The first kappa shape index (κ1) is 23.2. The van der Waals surface area contributed by atoms with Crippen LogP contribution in [0.4, 0.5) is 0 Å². The molecule has 8 heteroatoms. The number of nitrogens with zero attached hydrogens (tertiary/aromatic N) is 4. The second-order valence-corrected chi connectivity index (χ2v) is 8.10. The Morgan fingerprint density at radius 1 is 1.28 bits per heavy atom. The van der Waals surface area contributed by atoms with Crippen LogP contribution in [0.1, 0.15) is 49.6 Å². The lowest BCUT2D eigenvalue weighted by atomic mass is 9.84. The first-order chi connectivity index (χ1) is 13.8. The molecule has 1 aliphatic rings. The van der Waals surface area contributed by atoms with Gasteiger partial charge < -0.3 is 20.3 Å². The molecular weight excluding hydrogens is 368 g/mol. The summed E-state index contributed by atoms with van der Waals surface area (Å²) in [6.07, 6.45) is 4.07. The summed E-state index contributed by atoms with van der Waals surface area (Å²) in [6.45, 7) is 9.44. The Morgan fingerprint density at radius 2 is 1.97 bits per heavy atom. The Morgan fingerprint density at radius 3 is 2.55 bits per heavy atom. The quantitative estimate of drug-likeness (QED) is 0.483. The van der Waals surface area contributed by atoms with Crippen LogP contribution >= 0.6 is 0 Å². The van der Waals surface area contributed by atoms with Crippen molar-refractivity contribution in [3.63, 3.8) is 0 Å². The average molecular weight is 407 g/mol. The lowest BCUT2D eigenvalue weighted by Gasteiger charge is -2.31. The summed E-state index contributed by atoms with van der Waals surface area (Å²) in [6, 6.07) is 0. The molecule has 0 radical (unpaired) electrons. The summed E-state index contributed by atoms with van der Waals surface area (Å²) in [5.41, 5.74) is 2.93. The highest BCUT2D eigenvalue weighted by Gasteiger charge is 2.42. The fraction of sp³-hybridized carbons (Fsp3) is 0.762. The number of aromatic nitrogens is 2. The van der Waals surface area contributed by atoms with Gasteiger partial charge in [0.25, 0.3) is 0 Å². The third-order valence-electron chi connectivity index (χ3n) is 5.79. The molecule has 1 aliphatic carbocycles. The van der Waals surface area contributed by atoms with Crippen molar-refractivity contribution >= 4 is 11.9 Å². The van der Waals surface area contributed by atoms with Gasteiger partial charge in [-0.25, -0.2) is 4.99 Å². The molecule has 1 fully saturated rings. The minimum Gasteiger partial charge on any atom is -0.383 e. The van der Waals surface area contributed by atoms with E-state index in [0.717, 1.165) is 61.7 Å². The third-order valence-corrected chi connectivity index (χ3v) is 5.79. The van der Waals surface area contributed by atoms with Gasteiger partial charge in [0.05, 0.1) is 30.8 Å². The van der Waals surface area contributed by atoms with Gasteiger partial charge in [0.15, 0.2) is 5.96 Å². The molecule has 1 saturated carbocycles. The molecule has 1 aromatic heterocycles. The van der Waals surface area contributed by atoms with Crippen molar-refractivity contribution < 1.29 is 9.53 Å². The predicted octanol–water partition coefficient (Wildman–Crippen LogP) is 1.85. The Labute approximate surface area is 175 Å². The number of aryl methyl sites for hydroxylation is 1. The number of carbonyl (C=O) groups is 1. The van der Waals surface area contributed by atoms with Crippen molar-refractivity contribution in [2.45, 2.75) is 59.5 Å². The molecule has 1 aromatic rings. The summed E-state index contributed by atoms with van der Waals surface area (Å²) in [4.78, 5) is 19.3. The number of nitrogens with one attached hydrogen (secondary N) is 2. The molecule has 1 amide bonds. The molecule has 2 N–H and O–H groups in total. The van der Waals surface area contributed by atoms with E-state index in [-0.39, 0.29) is 11.3 Å². The van der Waals surface area contributed by atoms with Gasteiger partial charge in [-0.3, -0.25) is 9.48 Å². The lowest BCUT2D eigenvalue weighted by molar-refractivity contribution is -0.138. The molecule has 0 atom stereocenters. The van der Waals surface area contributed by atoms with E-state index in [1.165, 1.54) is 0 Å². The predicted molar refractivity (Wildman–Crippen MR) is 116 cm³/mol. The van der Waals surface area contributed by atoms with Crippen LogP contribution in [0.25, 0.3) is 0 Å². The number of guanidine groups is 1. The fourth-order valence-corrected chi connectivity index (χ4v) is 4.10. The van der Waals surface area contributed by atoms with Crippen LogP contribution in [0.15, 0.2) is 4.99 Å². The first-order valence-corrected chi connectivity index (χ1v) is 10.6. The molecule has 1 heterocycles. The Bertz CT molecular complexity index is 704. The van der Waals surface area contributed by atoms with Crippen molar-refractivity contribution in [2.75, 3.05) is 40.9 Å². The van der Waals surface area contributed by atoms with Crippen LogP contribution in [0, 0.1) is 19.3 Å². The van der Waals surface area contributed by atoms with E-state index in [2.05, 4.69) is 22.7 Å². The highest BCUT2D eigenvalue weighted by Crippen LogP contribution is 2.38. The van der Waals surface area contributed by atoms with E-state index >= 15 is 0 Å². The van der Waals surface area contributed by atoms with Gasteiger partial charge in [-0.1, -0.05) is 12.8 Å². The van der Waals surface area contributed by atoms with E-state index in [1.54, 1.807) is 12.0 Å². The zero-order chi connectivity index (χ0) is 21.4. The minimum absolute atomic E-state index is 0.212. The summed E-state index contributed by atoms with van der Waals surface area (Å²) >= 11 is 0. The van der Waals surface area contributed by atoms with Crippen molar-refractivity contribution in [3.05, 3.63) is 17.0 Å². The number of ether oxygens (including phenoxy) is 1. The molecular formula is C21H38N6O2. The fourth-order valence-electron chi connectivity index (χ4n) is 4.10. The average Bonchev–Trinajstić information content (AvgIpc) is 3.27. The minimum atomic E-state index is -0.323. The molecule has 2 rings (SSSR count). The van der Waals surface area contributed by atoms with Crippen LogP contribution < -0.4 is 10.6 Å². The van der Waals surface area contributed by atoms with E-state index in [1.807, 2.05) is 32.6 Å². The summed E-state index contributed by atoms with van der Waals surface area (Å²) in [7, 11) is 5.38. The zero-order valence-electron chi connectivity index (χ0n) is 19.0. The number of methoxy groups -OCH3 is 1. The Balaban J connectivity index is 2.10. The topological polar surface area (TPSA) is 83.8 Å². The molecule has 0 aromatic carbocycles. The van der Waals surface area contributed by atoms with E-state index in [4.69, 9.17) is 9.73 Å². The van der Waals surface area contributed by atoms with Gasteiger partial charge in [-0.15, -0.1) is 0 Å². The van der Waals surface area contributed by atoms with Gasteiger partial charge in [-0.2, -0.15) is 5.10 Å². The molecule has 0 saturated heterocycles. The number of hydrogen-bond donors (Lipinski definition) is 2. The maximum absolute atomic E-state index is 12.8. The van der Waals surface area contributed by atoms with Crippen LogP contribution in [0.3, 0.4) is 0 Å². The summed E-state index contributed by atoms with van der Waals surface area (Å²) < 4.78 is 7.15. The van der Waals surface area contributed by atoms with Gasteiger partial charge >= 0.3 is 0 Å². The zero-order valence-corrected chi connectivity index (χ0v) is 19.0. The SMILES string of the molecule is CCNC(=NCc1c(C)nn(CCOC)c1C)NCC1(C(=O)N(C)C)CCCC1. The number of aliphatic imine (C=N–C) groups is 1. The highest BCUT2D eigenvalue weighted by atomic mass is 16.5. The Hall–Kier alpha value is -2.09. The lowest BCUT2D eigenvalue weighted by Crippen LogP contribution is -2.49. The van der Waals surface area contributed by atoms with Crippen LogP contribution in [-0.4, -0.2) is 67.4 Å². The van der Waals surface area contributed by atoms with E-state index in [9.17, 15) is 4.79 Å². The Kier molecular flexibility index (Phi) is 8.49. The smallest absolute Gasteiger partial charge is 0.230 e. The number of rotatable bonds is 9. The molecule has 0 bridgehead atoms. The molecule has 8 nitrogen and oxygen atoms in total. The molecule has 0 spiro atoms. The highest BCUT2D eigenvalue weighted by molar-refractivity contribution is 5.85. The number of carbonyl (C=O) groups excluding carboxylic acids is 1. The van der Waals surface area contributed by atoms with E-state index in [0.29, 0.717) is 19.7 Å². The summed E-state index contributed by atoms with van der Waals surface area (Å²) in [5.74, 6) is 0.957. The second-order valence-electron chi connectivity index (χ2n) is 8.10. The van der Waals surface area contributed by atoms with Crippen molar-refractivity contribution in [1.82, 2.24) is 25.3 Å². The van der Waals surface area contributed by atoms with Gasteiger partial charge in [0.2, 0.25) is 5.91 Å². The summed E-state index contributed by atoms with van der Waals surface area (Å²) in [5, 5.41) is 11.4. The van der Waals surface area contributed by atoms with Gasteiger partial charge in [0, 0.05) is 45.6 Å². The monoisotopic (exact) mass is 406 g/mol. The maximum atomic E-state index is 12.8. The van der Waals surface area contributed by atoms with Crippen LogP contribution in [0.2, 0.25) is 0 Å². The number of hydrogen-bond acceptors (Lipinski definition) is 4. The normalized spacial score (nSPS) is 16.1. The van der Waals surface area contributed by atoms with Crippen LogP contribution in [0.5, 0.6) is 0 Å². The largest absolute Gasteiger partial charge is 0.383 e. The molecule has 0 unspecified atom stereocenters. The second kappa shape index (κ2) is 10.6. The molecule has 164 valence electrons. The third kappa shape index (κ3) is 5.72. The van der Waals surface area contributed by atoms with Crippen LogP contribution in [-0.2, 0) is 22.6 Å². The van der Waals surface area contributed by atoms with Gasteiger partial charge in [-0.05, 0) is 33.6 Å². The van der Waals surface area contributed by atoms with Crippen molar-refractivity contribution in [1.29, 1.82) is 0 Å². The first-order valence-electron chi connectivity index (χ1n) is 10.6. The standard InChI is InChI=1S/C21H38N6O2/c1-7-22-20(24-15-21(10-8-9-11-21)19(28)26(4)5)23-14-18-16(2)25-27(17(18)3)12-13-29-6/h7-15H2,1-6H3,(H2,22,23,24). The van der Waals surface area contributed by atoms with Gasteiger partial charge in [0.1, 0.15) is 0 Å².